The van der Waals surface area contributed by atoms with Crippen molar-refractivity contribution in [3.8, 4) is 5.75 Å². The fraction of sp³-hybridized carbons (Fsp3) is 0.400. The van der Waals surface area contributed by atoms with Gasteiger partial charge in [0, 0.05) is 0 Å². The molecule has 0 radical (unpaired) electrons. The number of rotatable bonds is 2. The zero-order valence-corrected chi connectivity index (χ0v) is 7.39. The second-order valence-corrected chi connectivity index (χ2v) is 3.30. The van der Waals surface area contributed by atoms with Crippen LogP contribution < -0.4 is 10.1 Å². The van der Waals surface area contributed by atoms with E-state index in [1.54, 1.807) is 0 Å². The van der Waals surface area contributed by atoms with E-state index in [0.717, 1.165) is 18.8 Å². The van der Waals surface area contributed by atoms with Gasteiger partial charge >= 0.3 is 0 Å². The molecule has 0 unspecified atom stereocenters. The van der Waals surface area contributed by atoms with E-state index < -0.39 is 0 Å². The summed E-state index contributed by atoms with van der Waals surface area (Å²) in [5.41, 5.74) is 0. The molecule has 0 aromatic heterocycles. The summed E-state index contributed by atoms with van der Waals surface area (Å²) in [6, 6.07) is 9.63. The minimum Gasteiger partial charge on any atom is -0.482 e. The smallest absolute Gasteiger partial charge is 0.178 e. The summed E-state index contributed by atoms with van der Waals surface area (Å²) in [4.78, 5) is 0. The Morgan fingerprint density at radius 1 is 1.23 bits per heavy atom. The summed E-state index contributed by atoms with van der Waals surface area (Å²) < 4.78 is 5.61. The lowest BCUT2D eigenvalue weighted by atomic mass is 10.2. The van der Waals surface area contributed by atoms with Gasteiger partial charge in [0.05, 0.1) is 0 Å². The number of aliphatic hydroxyl groups excluding tert-OH is 1. The van der Waals surface area contributed by atoms with Crippen LogP contribution in [-0.4, -0.2) is 30.4 Å². The highest BCUT2D eigenvalue weighted by Crippen LogP contribution is 2.12. The second-order valence-electron chi connectivity index (χ2n) is 3.30. The van der Waals surface area contributed by atoms with Gasteiger partial charge in [0.2, 0.25) is 0 Å². The van der Waals surface area contributed by atoms with Crippen LogP contribution in [0.3, 0.4) is 0 Å². The topological polar surface area (TPSA) is 46.1 Å². The molecular weight excluding hydrogens is 166 g/mol. The maximum Gasteiger partial charge on any atom is 0.178 e. The number of hydrogen-bond acceptors (Lipinski definition) is 2. The molecule has 1 fully saturated rings. The summed E-state index contributed by atoms with van der Waals surface area (Å²) in [6.45, 7) is 1.59. The molecule has 0 spiro atoms. The summed E-state index contributed by atoms with van der Waals surface area (Å²) in [5, 5.41) is 11.6. The van der Waals surface area contributed by atoms with Crippen molar-refractivity contribution >= 4 is 0 Å². The minimum absolute atomic E-state index is 0.0533. The molecule has 3 N–H and O–H groups in total. The zero-order valence-electron chi connectivity index (χ0n) is 7.39. The van der Waals surface area contributed by atoms with Crippen molar-refractivity contribution < 1.29 is 15.2 Å². The van der Waals surface area contributed by atoms with E-state index in [-0.39, 0.29) is 12.2 Å². The number of para-hydroxylation sites is 1. The monoisotopic (exact) mass is 180 g/mol. The van der Waals surface area contributed by atoms with Crippen LogP contribution in [0, 0.1) is 0 Å². The van der Waals surface area contributed by atoms with E-state index in [1.165, 1.54) is 0 Å². The second kappa shape index (κ2) is 3.77. The normalized spacial score (nSPS) is 27.5. The summed E-state index contributed by atoms with van der Waals surface area (Å²) in [7, 11) is 0. The molecule has 0 aliphatic carbocycles. The van der Waals surface area contributed by atoms with Gasteiger partial charge in [-0.2, -0.15) is 0 Å². The Morgan fingerprint density at radius 2 is 2.00 bits per heavy atom. The molecular formula is C10H14NO2+. The molecule has 1 aliphatic rings. The van der Waals surface area contributed by atoms with E-state index in [0.29, 0.717) is 0 Å². The Labute approximate surface area is 77.3 Å². The first-order valence-corrected chi connectivity index (χ1v) is 4.58. The number of ether oxygens (including phenoxy) is 1. The molecule has 13 heavy (non-hydrogen) atoms. The number of benzene rings is 1. The molecule has 1 heterocycles. The van der Waals surface area contributed by atoms with Crippen molar-refractivity contribution in [2.75, 3.05) is 13.1 Å². The standard InChI is InChI=1S/C10H13NO2/c12-9-6-11-7-10(9)13-8-4-2-1-3-5-8/h1-5,9-12H,6-7H2/p+1/t9-,10+/m1/s1. The average Bonchev–Trinajstić information content (AvgIpc) is 2.54. The van der Waals surface area contributed by atoms with Crippen LogP contribution in [0.2, 0.25) is 0 Å². The first kappa shape index (κ1) is 8.53. The SMILES string of the molecule is O[C@@H]1C[NH2+]C[C@@H]1Oc1ccccc1. The van der Waals surface area contributed by atoms with Crippen LogP contribution >= 0.6 is 0 Å². The third-order valence-corrected chi connectivity index (χ3v) is 2.27. The Morgan fingerprint density at radius 3 is 2.62 bits per heavy atom. The van der Waals surface area contributed by atoms with Gasteiger partial charge in [-0.3, -0.25) is 0 Å². The molecule has 0 amide bonds. The molecule has 2 rings (SSSR count). The van der Waals surface area contributed by atoms with Gasteiger partial charge in [-0.15, -0.1) is 0 Å². The number of hydrogen-bond donors (Lipinski definition) is 2. The predicted octanol–water partition coefficient (Wildman–Crippen LogP) is -0.628. The maximum atomic E-state index is 9.49. The third-order valence-electron chi connectivity index (χ3n) is 2.27. The molecule has 3 heteroatoms. The quantitative estimate of drug-likeness (QED) is 0.636. The van der Waals surface area contributed by atoms with Crippen molar-refractivity contribution in [1.82, 2.24) is 0 Å². The largest absolute Gasteiger partial charge is 0.482 e. The lowest BCUT2D eigenvalue weighted by Crippen LogP contribution is -2.82. The van der Waals surface area contributed by atoms with Crippen molar-refractivity contribution in [2.45, 2.75) is 12.2 Å². The molecule has 0 saturated carbocycles. The fourth-order valence-corrected chi connectivity index (χ4v) is 1.54. The lowest BCUT2D eigenvalue weighted by Gasteiger charge is -2.13. The number of quaternary nitrogens is 1. The van der Waals surface area contributed by atoms with E-state index in [1.807, 2.05) is 30.3 Å². The third kappa shape index (κ3) is 1.99. The Hall–Kier alpha value is -1.06. The molecule has 3 nitrogen and oxygen atoms in total. The summed E-state index contributed by atoms with van der Waals surface area (Å²) in [5.74, 6) is 0.835. The number of aliphatic hydroxyl groups is 1. The molecule has 1 saturated heterocycles. The number of nitrogens with two attached hydrogens (primary N) is 1. The highest BCUT2D eigenvalue weighted by molar-refractivity contribution is 5.21. The summed E-state index contributed by atoms with van der Waals surface area (Å²) >= 11 is 0. The van der Waals surface area contributed by atoms with Crippen molar-refractivity contribution in [3.05, 3.63) is 30.3 Å². The van der Waals surface area contributed by atoms with Gasteiger partial charge in [0.1, 0.15) is 24.9 Å². The molecule has 2 atom stereocenters. The molecule has 0 bridgehead atoms. The highest BCUT2D eigenvalue weighted by Gasteiger charge is 2.30. The van der Waals surface area contributed by atoms with Crippen LogP contribution in [0.25, 0.3) is 0 Å². The summed E-state index contributed by atoms with van der Waals surface area (Å²) in [6.07, 6.45) is -0.386. The predicted molar refractivity (Wildman–Crippen MR) is 48.5 cm³/mol. The van der Waals surface area contributed by atoms with E-state index >= 15 is 0 Å². The lowest BCUT2D eigenvalue weighted by molar-refractivity contribution is -0.640. The molecule has 1 aromatic carbocycles. The Kier molecular flexibility index (Phi) is 2.47. The maximum absolute atomic E-state index is 9.49. The molecule has 1 aliphatic heterocycles. The first-order chi connectivity index (χ1) is 6.36. The zero-order chi connectivity index (χ0) is 9.10. The van der Waals surface area contributed by atoms with Crippen molar-refractivity contribution in [1.29, 1.82) is 0 Å². The van der Waals surface area contributed by atoms with Crippen molar-refractivity contribution in [3.63, 3.8) is 0 Å². The van der Waals surface area contributed by atoms with E-state index in [4.69, 9.17) is 4.74 Å². The Balaban J connectivity index is 1.98. The van der Waals surface area contributed by atoms with Crippen LogP contribution in [0.4, 0.5) is 0 Å². The highest BCUT2D eigenvalue weighted by atomic mass is 16.5. The van der Waals surface area contributed by atoms with Gasteiger partial charge in [-0.1, -0.05) is 18.2 Å². The Bertz CT molecular complexity index is 263. The van der Waals surface area contributed by atoms with Crippen LogP contribution in [0.1, 0.15) is 0 Å². The van der Waals surface area contributed by atoms with Crippen LogP contribution in [-0.2, 0) is 0 Å². The van der Waals surface area contributed by atoms with Gasteiger partial charge < -0.3 is 15.2 Å². The minimum atomic E-state index is -0.333. The average molecular weight is 180 g/mol. The molecule has 1 aromatic rings. The van der Waals surface area contributed by atoms with E-state index in [2.05, 4.69) is 5.32 Å². The van der Waals surface area contributed by atoms with Gasteiger partial charge in [-0.25, -0.2) is 0 Å². The van der Waals surface area contributed by atoms with E-state index in [9.17, 15) is 5.11 Å². The molecule has 70 valence electrons. The van der Waals surface area contributed by atoms with Crippen LogP contribution in [0.5, 0.6) is 5.75 Å². The fourth-order valence-electron chi connectivity index (χ4n) is 1.54. The van der Waals surface area contributed by atoms with Crippen molar-refractivity contribution in [2.24, 2.45) is 0 Å². The van der Waals surface area contributed by atoms with Gasteiger partial charge in [-0.05, 0) is 12.1 Å². The van der Waals surface area contributed by atoms with Gasteiger partial charge in [0.15, 0.2) is 6.10 Å². The van der Waals surface area contributed by atoms with Crippen LogP contribution in [0.15, 0.2) is 30.3 Å². The first-order valence-electron chi connectivity index (χ1n) is 4.58. The van der Waals surface area contributed by atoms with Gasteiger partial charge in [0.25, 0.3) is 0 Å².